The molecule has 1 rings (SSSR count). The first-order valence-electron chi connectivity index (χ1n) is 10.5. The SMILES string of the molecule is CCCCCCCCCCCCC(F)CCCc1ccccc1OC. The Balaban J connectivity index is 1.94. The summed E-state index contributed by atoms with van der Waals surface area (Å²) in [6.45, 7) is 2.26. The first-order chi connectivity index (χ1) is 12.3. The summed E-state index contributed by atoms with van der Waals surface area (Å²) in [6.07, 6.45) is 15.7. The molecule has 144 valence electrons. The maximum atomic E-state index is 14.0. The third kappa shape index (κ3) is 11.2. The molecular formula is C23H39FO. The van der Waals surface area contributed by atoms with Crippen LogP contribution in [0, 0.1) is 0 Å². The normalized spacial score (nSPS) is 12.3. The summed E-state index contributed by atoms with van der Waals surface area (Å²) in [7, 11) is 1.70. The van der Waals surface area contributed by atoms with Crippen molar-refractivity contribution in [2.24, 2.45) is 0 Å². The smallest absolute Gasteiger partial charge is 0.122 e. The number of ether oxygens (including phenoxy) is 1. The molecule has 0 N–H and O–H groups in total. The van der Waals surface area contributed by atoms with E-state index in [1.54, 1.807) is 7.11 Å². The van der Waals surface area contributed by atoms with Crippen molar-refractivity contribution in [3.8, 4) is 5.75 Å². The molecule has 1 unspecified atom stereocenters. The van der Waals surface area contributed by atoms with Gasteiger partial charge in [-0.25, -0.2) is 4.39 Å². The monoisotopic (exact) mass is 350 g/mol. The van der Waals surface area contributed by atoms with E-state index in [-0.39, 0.29) is 0 Å². The molecule has 1 nitrogen and oxygen atoms in total. The lowest BCUT2D eigenvalue weighted by Gasteiger charge is -2.10. The Morgan fingerprint density at radius 1 is 0.800 bits per heavy atom. The second-order valence-electron chi connectivity index (χ2n) is 7.27. The van der Waals surface area contributed by atoms with Gasteiger partial charge in [0, 0.05) is 0 Å². The summed E-state index contributed by atoms with van der Waals surface area (Å²) in [5.74, 6) is 0.924. The number of benzene rings is 1. The van der Waals surface area contributed by atoms with Crippen LogP contribution in [0.4, 0.5) is 4.39 Å². The summed E-state index contributed by atoms with van der Waals surface area (Å²) < 4.78 is 19.4. The van der Waals surface area contributed by atoms with E-state index < -0.39 is 6.17 Å². The van der Waals surface area contributed by atoms with E-state index >= 15 is 0 Å². The maximum Gasteiger partial charge on any atom is 0.122 e. The predicted octanol–water partition coefficient (Wildman–Crippen LogP) is 7.67. The number of hydrogen-bond acceptors (Lipinski definition) is 1. The Kier molecular flexibility index (Phi) is 13.4. The van der Waals surface area contributed by atoms with E-state index in [2.05, 4.69) is 13.0 Å². The number of hydrogen-bond donors (Lipinski definition) is 0. The van der Waals surface area contributed by atoms with Crippen molar-refractivity contribution < 1.29 is 9.13 Å². The van der Waals surface area contributed by atoms with Gasteiger partial charge in [0.1, 0.15) is 11.9 Å². The fourth-order valence-corrected chi connectivity index (χ4v) is 3.42. The minimum atomic E-state index is -0.635. The molecular weight excluding hydrogens is 311 g/mol. The Labute approximate surface area is 155 Å². The fraction of sp³-hybridized carbons (Fsp3) is 0.739. The minimum absolute atomic E-state index is 0.635. The highest BCUT2D eigenvalue weighted by Crippen LogP contribution is 2.21. The first kappa shape index (κ1) is 22.0. The molecule has 0 aromatic heterocycles. The van der Waals surface area contributed by atoms with E-state index in [0.717, 1.165) is 31.4 Å². The average molecular weight is 351 g/mol. The van der Waals surface area contributed by atoms with Crippen LogP contribution in [0.25, 0.3) is 0 Å². The molecule has 0 aliphatic carbocycles. The van der Waals surface area contributed by atoms with Crippen molar-refractivity contribution in [2.75, 3.05) is 7.11 Å². The van der Waals surface area contributed by atoms with Gasteiger partial charge in [-0.1, -0.05) is 89.3 Å². The second kappa shape index (κ2) is 15.2. The average Bonchev–Trinajstić information content (AvgIpc) is 2.63. The maximum absolute atomic E-state index is 14.0. The van der Waals surface area contributed by atoms with Gasteiger partial charge in [0.25, 0.3) is 0 Å². The lowest BCUT2D eigenvalue weighted by Crippen LogP contribution is -2.01. The topological polar surface area (TPSA) is 9.23 Å². The molecule has 0 aliphatic heterocycles. The van der Waals surface area contributed by atoms with Crippen molar-refractivity contribution in [3.05, 3.63) is 29.8 Å². The number of methoxy groups -OCH3 is 1. The minimum Gasteiger partial charge on any atom is -0.496 e. The zero-order chi connectivity index (χ0) is 18.2. The van der Waals surface area contributed by atoms with Crippen molar-refractivity contribution >= 4 is 0 Å². The zero-order valence-electron chi connectivity index (χ0n) is 16.6. The van der Waals surface area contributed by atoms with E-state index in [4.69, 9.17) is 4.74 Å². The highest BCUT2D eigenvalue weighted by molar-refractivity contribution is 5.33. The number of unbranched alkanes of at least 4 members (excludes halogenated alkanes) is 9. The molecule has 1 aromatic rings. The summed E-state index contributed by atoms with van der Waals surface area (Å²) in [4.78, 5) is 0. The van der Waals surface area contributed by atoms with Gasteiger partial charge in [-0.15, -0.1) is 0 Å². The van der Waals surface area contributed by atoms with E-state index in [0.29, 0.717) is 6.42 Å². The van der Waals surface area contributed by atoms with Crippen LogP contribution in [0.1, 0.15) is 96.0 Å². The zero-order valence-corrected chi connectivity index (χ0v) is 16.6. The molecule has 0 bridgehead atoms. The molecule has 0 spiro atoms. The molecule has 0 saturated heterocycles. The molecule has 0 radical (unpaired) electrons. The first-order valence-corrected chi connectivity index (χ1v) is 10.5. The summed E-state index contributed by atoms with van der Waals surface area (Å²) >= 11 is 0. The molecule has 0 heterocycles. The van der Waals surface area contributed by atoms with Crippen LogP contribution < -0.4 is 4.74 Å². The van der Waals surface area contributed by atoms with Gasteiger partial charge in [0.2, 0.25) is 0 Å². The molecule has 25 heavy (non-hydrogen) atoms. The van der Waals surface area contributed by atoms with Crippen LogP contribution in [0.3, 0.4) is 0 Å². The van der Waals surface area contributed by atoms with Crippen molar-refractivity contribution in [2.45, 2.75) is 103 Å². The molecule has 1 aromatic carbocycles. The van der Waals surface area contributed by atoms with Gasteiger partial charge in [-0.3, -0.25) is 0 Å². The summed E-state index contributed by atoms with van der Waals surface area (Å²) in [5.41, 5.74) is 1.19. The second-order valence-corrected chi connectivity index (χ2v) is 7.27. The third-order valence-corrected chi connectivity index (χ3v) is 5.03. The van der Waals surface area contributed by atoms with Crippen LogP contribution >= 0.6 is 0 Å². The summed E-state index contributed by atoms with van der Waals surface area (Å²) in [5, 5.41) is 0. The van der Waals surface area contributed by atoms with Crippen LogP contribution in [0.5, 0.6) is 5.75 Å². The Morgan fingerprint density at radius 2 is 1.36 bits per heavy atom. The number of halogens is 1. The number of rotatable bonds is 16. The van der Waals surface area contributed by atoms with Crippen LogP contribution in [0.15, 0.2) is 24.3 Å². The fourth-order valence-electron chi connectivity index (χ4n) is 3.42. The van der Waals surface area contributed by atoms with Crippen LogP contribution in [-0.4, -0.2) is 13.3 Å². The molecule has 0 fully saturated rings. The van der Waals surface area contributed by atoms with Crippen molar-refractivity contribution in [3.63, 3.8) is 0 Å². The third-order valence-electron chi connectivity index (χ3n) is 5.03. The number of para-hydroxylation sites is 1. The van der Waals surface area contributed by atoms with Gasteiger partial charge in [-0.2, -0.15) is 0 Å². The molecule has 0 aliphatic rings. The highest BCUT2D eigenvalue weighted by atomic mass is 19.1. The number of aryl methyl sites for hydroxylation is 1. The number of alkyl halides is 1. The Hall–Kier alpha value is -1.05. The van der Waals surface area contributed by atoms with Gasteiger partial charge in [-0.05, 0) is 37.3 Å². The predicted molar refractivity (Wildman–Crippen MR) is 107 cm³/mol. The lowest BCUT2D eigenvalue weighted by atomic mass is 10.0. The molecule has 1 atom stereocenters. The Morgan fingerprint density at radius 3 is 2.00 bits per heavy atom. The van der Waals surface area contributed by atoms with E-state index in [1.807, 2.05) is 18.2 Å². The standard InChI is InChI=1S/C23H39FO/c1-3-4-5-6-7-8-9-10-11-12-18-22(24)19-15-17-21-16-13-14-20-23(21)25-2/h13-14,16,20,22H,3-12,15,17-19H2,1-2H3. The lowest BCUT2D eigenvalue weighted by molar-refractivity contribution is 0.281. The molecule has 0 amide bonds. The highest BCUT2D eigenvalue weighted by Gasteiger charge is 2.08. The van der Waals surface area contributed by atoms with E-state index in [1.165, 1.54) is 63.4 Å². The Bertz CT molecular complexity index is 418. The largest absolute Gasteiger partial charge is 0.496 e. The van der Waals surface area contributed by atoms with Gasteiger partial charge < -0.3 is 4.74 Å². The van der Waals surface area contributed by atoms with Gasteiger partial charge >= 0.3 is 0 Å². The van der Waals surface area contributed by atoms with Crippen LogP contribution in [0.2, 0.25) is 0 Å². The summed E-state index contributed by atoms with van der Waals surface area (Å²) in [6, 6.07) is 8.06. The van der Waals surface area contributed by atoms with Gasteiger partial charge in [0.05, 0.1) is 7.11 Å². The molecule has 0 saturated carbocycles. The quantitative estimate of drug-likeness (QED) is 0.278. The molecule has 2 heteroatoms. The van der Waals surface area contributed by atoms with Gasteiger partial charge in [0.15, 0.2) is 0 Å². The van der Waals surface area contributed by atoms with Crippen molar-refractivity contribution in [1.82, 2.24) is 0 Å². The van der Waals surface area contributed by atoms with E-state index in [9.17, 15) is 4.39 Å². The van der Waals surface area contributed by atoms with Crippen LogP contribution in [-0.2, 0) is 6.42 Å². The van der Waals surface area contributed by atoms with Crippen molar-refractivity contribution in [1.29, 1.82) is 0 Å².